The van der Waals surface area contributed by atoms with Crippen molar-refractivity contribution in [3.8, 4) is 11.5 Å². The summed E-state index contributed by atoms with van der Waals surface area (Å²) in [4.78, 5) is 13.1. The van der Waals surface area contributed by atoms with Gasteiger partial charge in [0.15, 0.2) is 9.84 Å². The van der Waals surface area contributed by atoms with E-state index in [0.717, 1.165) is 40.7 Å². The molecule has 6 nitrogen and oxygen atoms in total. The molecule has 1 aliphatic carbocycles. The van der Waals surface area contributed by atoms with E-state index in [1.165, 1.54) is 5.56 Å². The summed E-state index contributed by atoms with van der Waals surface area (Å²) < 4.78 is 30.2. The fourth-order valence-electron chi connectivity index (χ4n) is 5.23. The summed E-state index contributed by atoms with van der Waals surface area (Å²) in [5.41, 5.74) is 5.69. The molecule has 5 rings (SSSR count). The molecular formula is C30H29ClN2O4S. The van der Waals surface area contributed by atoms with Crippen LogP contribution in [0.4, 0.5) is 0 Å². The van der Waals surface area contributed by atoms with Crippen LogP contribution in [0.1, 0.15) is 53.5 Å². The molecule has 1 saturated carbocycles. The van der Waals surface area contributed by atoms with Gasteiger partial charge in [0.05, 0.1) is 16.1 Å². The second kappa shape index (κ2) is 10.1. The van der Waals surface area contributed by atoms with E-state index < -0.39 is 9.84 Å². The Morgan fingerprint density at radius 1 is 0.921 bits per heavy atom. The van der Waals surface area contributed by atoms with Crippen molar-refractivity contribution in [1.82, 2.24) is 10.2 Å². The minimum Gasteiger partial charge on any atom is -0.420 e. The highest BCUT2D eigenvalue weighted by Crippen LogP contribution is 2.55. The zero-order valence-corrected chi connectivity index (χ0v) is 23.2. The van der Waals surface area contributed by atoms with Gasteiger partial charge >= 0.3 is 0 Å². The van der Waals surface area contributed by atoms with Gasteiger partial charge in [-0.3, -0.25) is 4.79 Å². The number of benzene rings is 3. The number of halogens is 1. The first-order valence-corrected chi connectivity index (χ1v) is 14.7. The molecule has 0 saturated heterocycles. The van der Waals surface area contributed by atoms with Crippen molar-refractivity contribution in [2.24, 2.45) is 0 Å². The second-order valence-corrected chi connectivity index (χ2v) is 12.8. The Morgan fingerprint density at radius 3 is 2.11 bits per heavy atom. The number of carbonyl (C=O) groups is 1. The normalized spacial score (nSPS) is 14.4. The van der Waals surface area contributed by atoms with Crippen LogP contribution in [0.2, 0.25) is 5.02 Å². The van der Waals surface area contributed by atoms with E-state index >= 15 is 0 Å². The number of hydrogen-bond donors (Lipinski definition) is 0. The third-order valence-corrected chi connectivity index (χ3v) is 9.21. The minimum absolute atomic E-state index is 0.0528. The van der Waals surface area contributed by atoms with Crippen LogP contribution in [-0.2, 0) is 32.9 Å². The molecule has 4 aromatic rings. The third-order valence-electron chi connectivity index (χ3n) is 7.21. The van der Waals surface area contributed by atoms with E-state index in [4.69, 9.17) is 16.0 Å². The molecule has 0 spiro atoms. The van der Waals surface area contributed by atoms with Crippen LogP contribution < -0.4 is 0 Å². The van der Waals surface area contributed by atoms with Crippen LogP contribution in [0, 0.1) is 13.8 Å². The summed E-state index contributed by atoms with van der Waals surface area (Å²) in [6.07, 6.45) is 2.43. The predicted octanol–water partition coefficient (Wildman–Crippen LogP) is 6.23. The van der Waals surface area contributed by atoms with Crippen molar-refractivity contribution in [2.45, 2.75) is 56.8 Å². The summed E-state index contributed by atoms with van der Waals surface area (Å²) >= 11 is 6.00. The Morgan fingerprint density at radius 2 is 1.53 bits per heavy atom. The van der Waals surface area contributed by atoms with Gasteiger partial charge in [-0.05, 0) is 90.9 Å². The minimum atomic E-state index is -3.25. The number of aromatic nitrogens is 2. The molecule has 0 bridgehead atoms. The first-order chi connectivity index (χ1) is 18.1. The van der Waals surface area contributed by atoms with E-state index in [1.54, 1.807) is 43.3 Å². The lowest BCUT2D eigenvalue weighted by molar-refractivity contribution is -0.117. The Labute approximate surface area is 228 Å². The van der Waals surface area contributed by atoms with Gasteiger partial charge in [0, 0.05) is 23.4 Å². The van der Waals surface area contributed by atoms with Gasteiger partial charge in [0.2, 0.25) is 11.8 Å². The van der Waals surface area contributed by atoms with Crippen molar-refractivity contribution >= 4 is 27.2 Å². The van der Waals surface area contributed by atoms with E-state index in [2.05, 4.69) is 36.2 Å². The van der Waals surface area contributed by atoms with Crippen LogP contribution in [0.3, 0.4) is 0 Å². The van der Waals surface area contributed by atoms with E-state index in [1.807, 2.05) is 12.1 Å². The van der Waals surface area contributed by atoms with Crippen molar-refractivity contribution in [3.63, 3.8) is 0 Å². The molecule has 1 aromatic heterocycles. The third kappa shape index (κ3) is 5.18. The molecule has 0 unspecified atom stereocenters. The van der Waals surface area contributed by atoms with Crippen molar-refractivity contribution < 1.29 is 17.6 Å². The molecule has 0 aliphatic heterocycles. The number of carbonyl (C=O) groups excluding carboxylic acids is 1. The smallest absolute Gasteiger partial charge is 0.247 e. The number of aryl methyl sites for hydroxylation is 2. The molecule has 1 heterocycles. The van der Waals surface area contributed by atoms with Crippen LogP contribution >= 0.6 is 11.6 Å². The maximum atomic E-state index is 12.9. The molecule has 0 N–H and O–H groups in total. The van der Waals surface area contributed by atoms with Crippen molar-refractivity contribution in [2.75, 3.05) is 5.75 Å². The predicted molar refractivity (Wildman–Crippen MR) is 147 cm³/mol. The molecule has 0 radical (unpaired) electrons. The summed E-state index contributed by atoms with van der Waals surface area (Å²) in [6.45, 7) is 5.76. The van der Waals surface area contributed by atoms with E-state index in [-0.39, 0.29) is 28.3 Å². The van der Waals surface area contributed by atoms with Crippen LogP contribution in [0.5, 0.6) is 0 Å². The average molecular weight is 549 g/mol. The van der Waals surface area contributed by atoms with Crippen LogP contribution in [0.25, 0.3) is 11.5 Å². The first kappa shape index (κ1) is 26.3. The summed E-state index contributed by atoms with van der Waals surface area (Å²) in [5, 5.41) is 9.35. The Hall–Kier alpha value is -3.29. The highest BCUT2D eigenvalue weighted by atomic mass is 35.5. The lowest BCUT2D eigenvalue weighted by Crippen LogP contribution is -2.15. The molecule has 0 atom stereocenters. The standard InChI is InChI=1S/C30H29ClN2O4S/c1-4-38(35,36)26-11-5-21(6-12-26)17-25(34)18-22-15-19(2)27(20(3)16-22)30(13-14-30)29-33-32-28(37-29)23-7-9-24(31)10-8-23/h5-12,15-16H,4,13-14,17-18H2,1-3H3. The molecule has 196 valence electrons. The largest absolute Gasteiger partial charge is 0.420 e. The van der Waals surface area contributed by atoms with E-state index in [9.17, 15) is 13.2 Å². The topological polar surface area (TPSA) is 90.1 Å². The highest BCUT2D eigenvalue weighted by molar-refractivity contribution is 7.91. The number of hydrogen-bond acceptors (Lipinski definition) is 6. The van der Waals surface area contributed by atoms with Crippen LogP contribution in [0.15, 0.2) is 70.0 Å². The highest BCUT2D eigenvalue weighted by Gasteiger charge is 2.52. The molecule has 1 aliphatic rings. The second-order valence-electron chi connectivity index (χ2n) is 10.0. The lowest BCUT2D eigenvalue weighted by atomic mass is 9.85. The molecule has 0 amide bonds. The van der Waals surface area contributed by atoms with E-state index in [0.29, 0.717) is 23.2 Å². The number of sulfone groups is 1. The van der Waals surface area contributed by atoms with Gasteiger partial charge in [0.1, 0.15) is 5.78 Å². The zero-order chi connectivity index (χ0) is 27.1. The Balaban J connectivity index is 1.32. The average Bonchev–Trinajstić information content (AvgIpc) is 3.51. The number of nitrogens with zero attached hydrogens (tertiary/aromatic N) is 2. The maximum Gasteiger partial charge on any atom is 0.247 e. The van der Waals surface area contributed by atoms with Crippen molar-refractivity contribution in [3.05, 3.63) is 99.4 Å². The van der Waals surface area contributed by atoms with Gasteiger partial charge in [-0.15, -0.1) is 10.2 Å². The number of Topliss-reactive ketones (excluding diaryl/α,β-unsaturated/α-hetero) is 1. The number of rotatable bonds is 9. The molecular weight excluding hydrogens is 520 g/mol. The van der Waals surface area contributed by atoms with Gasteiger partial charge in [-0.2, -0.15) is 0 Å². The summed E-state index contributed by atoms with van der Waals surface area (Å²) in [5.74, 6) is 1.22. The summed E-state index contributed by atoms with van der Waals surface area (Å²) in [7, 11) is -3.25. The molecule has 3 aromatic carbocycles. The summed E-state index contributed by atoms with van der Waals surface area (Å²) in [6, 6.07) is 18.1. The zero-order valence-electron chi connectivity index (χ0n) is 21.6. The molecule has 1 fully saturated rings. The molecule has 38 heavy (non-hydrogen) atoms. The first-order valence-electron chi connectivity index (χ1n) is 12.7. The van der Waals surface area contributed by atoms with Gasteiger partial charge in [-0.1, -0.05) is 42.8 Å². The van der Waals surface area contributed by atoms with Crippen LogP contribution in [-0.4, -0.2) is 30.2 Å². The van der Waals surface area contributed by atoms with Gasteiger partial charge in [0.25, 0.3) is 0 Å². The van der Waals surface area contributed by atoms with Gasteiger partial charge < -0.3 is 4.42 Å². The van der Waals surface area contributed by atoms with Gasteiger partial charge in [-0.25, -0.2) is 8.42 Å². The SMILES string of the molecule is CCS(=O)(=O)c1ccc(CC(=O)Cc2cc(C)c(C3(c4nnc(-c5ccc(Cl)cc5)o4)CC3)c(C)c2)cc1. The molecule has 8 heteroatoms. The fraction of sp³-hybridized carbons (Fsp3) is 0.300. The quantitative estimate of drug-likeness (QED) is 0.246. The monoisotopic (exact) mass is 548 g/mol. The van der Waals surface area contributed by atoms with Crippen molar-refractivity contribution in [1.29, 1.82) is 0 Å². The fourth-order valence-corrected chi connectivity index (χ4v) is 6.24. The number of ketones is 1. The maximum absolute atomic E-state index is 12.9. The Bertz CT molecular complexity index is 1580. The lowest BCUT2D eigenvalue weighted by Gasteiger charge is -2.19. The Kier molecular flexibility index (Phi) is 7.01.